The number of ketones is 1. The van der Waals surface area contributed by atoms with Crippen molar-refractivity contribution in [3.05, 3.63) is 47.5 Å². The molecule has 4 N–H and O–H groups in total. The van der Waals surface area contributed by atoms with Crippen molar-refractivity contribution in [1.29, 1.82) is 0 Å². The van der Waals surface area contributed by atoms with Crippen molar-refractivity contribution in [2.75, 3.05) is 0 Å². The van der Waals surface area contributed by atoms with Gasteiger partial charge in [-0.25, -0.2) is 4.79 Å². The maximum Gasteiger partial charge on any atom is 0.338 e. The minimum Gasteiger partial charge on any atom is -0.459 e. The maximum atomic E-state index is 13.7. The van der Waals surface area contributed by atoms with Crippen LogP contribution in [0.25, 0.3) is 0 Å². The summed E-state index contributed by atoms with van der Waals surface area (Å²) in [5, 5.41) is 45.4. The molecule has 41 heavy (non-hydrogen) atoms. The number of carbonyl (C=O) groups is 2. The van der Waals surface area contributed by atoms with E-state index in [4.69, 9.17) is 4.74 Å². The molecule has 7 heteroatoms. The van der Waals surface area contributed by atoms with Crippen LogP contribution in [0.15, 0.2) is 42.0 Å². The van der Waals surface area contributed by atoms with E-state index in [1.165, 1.54) is 0 Å². The molecule has 0 radical (unpaired) electrons. The van der Waals surface area contributed by atoms with Gasteiger partial charge in [-0.15, -0.1) is 0 Å². The molecule has 0 aliphatic heterocycles. The second kappa shape index (κ2) is 10.3. The van der Waals surface area contributed by atoms with Crippen molar-refractivity contribution in [1.82, 2.24) is 0 Å². The molecular formula is C34H48O7. The topological polar surface area (TPSA) is 124 Å². The van der Waals surface area contributed by atoms with Crippen LogP contribution >= 0.6 is 0 Å². The second-order valence-electron chi connectivity index (χ2n) is 14.8. The number of fused-ring (bicyclic) bond motifs is 5. The molecule has 5 rings (SSSR count). The SMILES string of the molecule is CC(C)(O)CCC(O)C(C)(O)C1CCC2(O)C3=CC(=O)C4CC(OC(=O)c5ccccc5)CCC4(C)C3CCC12C. The lowest BCUT2D eigenvalue weighted by Gasteiger charge is -2.60. The fourth-order valence-electron chi connectivity index (χ4n) is 9.15. The third-order valence-corrected chi connectivity index (χ3v) is 11.7. The average molecular weight is 569 g/mol. The lowest BCUT2D eigenvalue weighted by molar-refractivity contribution is -0.173. The summed E-state index contributed by atoms with van der Waals surface area (Å²) in [4.78, 5) is 26.5. The third kappa shape index (κ3) is 5.01. The van der Waals surface area contributed by atoms with Gasteiger partial charge in [0, 0.05) is 11.3 Å². The van der Waals surface area contributed by atoms with Gasteiger partial charge in [0.2, 0.25) is 0 Å². The molecule has 1 aromatic rings. The molecule has 4 aliphatic carbocycles. The molecule has 4 aliphatic rings. The summed E-state index contributed by atoms with van der Waals surface area (Å²) in [5.74, 6) is -1.01. The highest BCUT2D eigenvalue weighted by Gasteiger charge is 2.68. The van der Waals surface area contributed by atoms with Crippen molar-refractivity contribution >= 4 is 11.8 Å². The Hall–Kier alpha value is -2.06. The number of esters is 1. The van der Waals surface area contributed by atoms with Gasteiger partial charge < -0.3 is 25.2 Å². The zero-order chi connectivity index (χ0) is 30.0. The molecular weight excluding hydrogens is 520 g/mol. The largest absolute Gasteiger partial charge is 0.459 e. The Labute approximate surface area is 244 Å². The summed E-state index contributed by atoms with van der Waals surface area (Å²) in [7, 11) is 0. The predicted molar refractivity (Wildman–Crippen MR) is 155 cm³/mol. The van der Waals surface area contributed by atoms with Gasteiger partial charge >= 0.3 is 5.97 Å². The van der Waals surface area contributed by atoms with Crippen LogP contribution in [0.2, 0.25) is 0 Å². The van der Waals surface area contributed by atoms with Crippen molar-refractivity contribution < 1.29 is 34.8 Å². The van der Waals surface area contributed by atoms with Gasteiger partial charge in [0.05, 0.1) is 28.5 Å². The van der Waals surface area contributed by atoms with E-state index >= 15 is 0 Å². The molecule has 1 aromatic carbocycles. The molecule has 3 fully saturated rings. The van der Waals surface area contributed by atoms with Gasteiger partial charge in [0.25, 0.3) is 0 Å². The smallest absolute Gasteiger partial charge is 0.338 e. The Morgan fingerprint density at radius 2 is 1.71 bits per heavy atom. The van der Waals surface area contributed by atoms with E-state index in [-0.39, 0.29) is 47.4 Å². The standard InChI is InChI=1S/C34H48O7/c1-30(2,38)15-14-28(36)33(5,39)27-13-18-34(40)24-20-26(35)25-19-22(41-29(37)21-9-7-6-8-10-21)11-16-31(25,3)23(24)12-17-32(27,34)4/h6-10,20,22-23,25,27-28,36,38-40H,11-19H2,1-5H3. The number of hydrogen-bond donors (Lipinski definition) is 4. The number of ether oxygens (including phenoxy) is 1. The normalized spacial score (nSPS) is 39.0. The quantitative estimate of drug-likeness (QED) is 0.350. The average Bonchev–Trinajstić information content (AvgIpc) is 3.20. The number of rotatable bonds is 7. The minimum atomic E-state index is -1.45. The number of hydrogen-bond acceptors (Lipinski definition) is 7. The minimum absolute atomic E-state index is 0.0164. The Balaban J connectivity index is 1.37. The van der Waals surface area contributed by atoms with Crippen LogP contribution in [0, 0.1) is 28.6 Å². The van der Waals surface area contributed by atoms with E-state index in [0.717, 1.165) is 18.4 Å². The van der Waals surface area contributed by atoms with Gasteiger partial charge in [-0.1, -0.05) is 32.0 Å². The number of allylic oxidation sites excluding steroid dienone is 1. The lowest BCUT2D eigenvalue weighted by atomic mass is 9.46. The van der Waals surface area contributed by atoms with Crippen LogP contribution in [-0.2, 0) is 9.53 Å². The highest BCUT2D eigenvalue weighted by atomic mass is 16.5. The van der Waals surface area contributed by atoms with E-state index in [2.05, 4.69) is 6.92 Å². The third-order valence-electron chi connectivity index (χ3n) is 11.7. The molecule has 3 saturated carbocycles. The number of carbonyl (C=O) groups excluding carboxylic acids is 2. The molecule has 0 heterocycles. The van der Waals surface area contributed by atoms with Gasteiger partial charge in [-0.3, -0.25) is 4.79 Å². The molecule has 0 amide bonds. The van der Waals surface area contributed by atoms with Gasteiger partial charge in [-0.05, 0) is 120 Å². The van der Waals surface area contributed by atoms with Crippen molar-refractivity contribution in [3.63, 3.8) is 0 Å². The van der Waals surface area contributed by atoms with Gasteiger partial charge in [-0.2, -0.15) is 0 Å². The Kier molecular flexibility index (Phi) is 7.63. The second-order valence-corrected chi connectivity index (χ2v) is 14.8. The molecule has 226 valence electrons. The molecule has 0 bridgehead atoms. The molecule has 0 spiro atoms. The fraction of sp³-hybridized carbons (Fsp3) is 0.706. The highest BCUT2D eigenvalue weighted by molar-refractivity contribution is 5.95. The first-order chi connectivity index (χ1) is 19.0. The Morgan fingerprint density at radius 3 is 2.37 bits per heavy atom. The molecule has 0 aromatic heterocycles. The van der Waals surface area contributed by atoms with Crippen LogP contribution in [0.1, 0.15) is 103 Å². The molecule has 9 atom stereocenters. The van der Waals surface area contributed by atoms with Crippen molar-refractivity contribution in [2.45, 2.75) is 121 Å². The first kappa shape index (κ1) is 30.4. The monoisotopic (exact) mass is 568 g/mol. The summed E-state index contributed by atoms with van der Waals surface area (Å²) in [6, 6.07) is 8.92. The summed E-state index contributed by atoms with van der Waals surface area (Å²) >= 11 is 0. The van der Waals surface area contributed by atoms with Crippen molar-refractivity contribution in [2.24, 2.45) is 28.6 Å². The number of benzene rings is 1. The first-order valence-corrected chi connectivity index (χ1v) is 15.4. The van der Waals surface area contributed by atoms with E-state index in [1.807, 2.05) is 13.0 Å². The molecule has 9 unspecified atom stereocenters. The van der Waals surface area contributed by atoms with Crippen LogP contribution in [0.3, 0.4) is 0 Å². The van der Waals surface area contributed by atoms with Crippen LogP contribution in [-0.4, -0.2) is 61.2 Å². The summed E-state index contributed by atoms with van der Waals surface area (Å²) in [5.41, 5.74) is -3.42. The van der Waals surface area contributed by atoms with Crippen LogP contribution in [0.4, 0.5) is 0 Å². The zero-order valence-electron chi connectivity index (χ0n) is 25.2. The number of aliphatic hydroxyl groups excluding tert-OH is 1. The highest BCUT2D eigenvalue weighted by Crippen LogP contribution is 2.68. The van der Waals surface area contributed by atoms with E-state index < -0.39 is 28.3 Å². The van der Waals surface area contributed by atoms with Gasteiger partial charge in [0.15, 0.2) is 5.78 Å². The van der Waals surface area contributed by atoms with Gasteiger partial charge in [0.1, 0.15) is 6.10 Å². The summed E-state index contributed by atoms with van der Waals surface area (Å²) in [6.45, 7) is 9.21. The van der Waals surface area contributed by atoms with E-state index in [0.29, 0.717) is 44.1 Å². The zero-order valence-corrected chi connectivity index (χ0v) is 25.2. The lowest BCUT2D eigenvalue weighted by Crippen LogP contribution is -2.62. The predicted octanol–water partition coefficient (Wildman–Crippen LogP) is 4.75. The Bertz CT molecular complexity index is 1200. The molecule has 0 saturated heterocycles. The first-order valence-electron chi connectivity index (χ1n) is 15.4. The Morgan fingerprint density at radius 1 is 1.02 bits per heavy atom. The number of aliphatic hydroxyl groups is 4. The van der Waals surface area contributed by atoms with Crippen LogP contribution < -0.4 is 0 Å². The maximum absolute atomic E-state index is 13.7. The van der Waals surface area contributed by atoms with E-state index in [9.17, 15) is 30.0 Å². The molecule has 7 nitrogen and oxygen atoms in total. The van der Waals surface area contributed by atoms with Crippen molar-refractivity contribution in [3.8, 4) is 0 Å². The van der Waals surface area contributed by atoms with Crippen LogP contribution in [0.5, 0.6) is 0 Å². The summed E-state index contributed by atoms with van der Waals surface area (Å²) in [6.07, 6.45) is 5.20. The summed E-state index contributed by atoms with van der Waals surface area (Å²) < 4.78 is 5.85. The van der Waals surface area contributed by atoms with E-state index in [1.54, 1.807) is 51.1 Å². The fourth-order valence-corrected chi connectivity index (χ4v) is 9.15.